The number of unbranched alkanes of at least 4 members (excludes halogenated alkanes) is 1. The summed E-state index contributed by atoms with van der Waals surface area (Å²) >= 11 is 0. The van der Waals surface area contributed by atoms with Crippen molar-refractivity contribution in [2.24, 2.45) is 5.92 Å². The van der Waals surface area contributed by atoms with Crippen LogP contribution in [-0.2, 0) is 9.53 Å². The van der Waals surface area contributed by atoms with Gasteiger partial charge in [0, 0.05) is 6.54 Å². The van der Waals surface area contributed by atoms with Crippen molar-refractivity contribution in [3.05, 3.63) is 0 Å². The molecule has 0 aliphatic heterocycles. The molecule has 3 heteroatoms. The van der Waals surface area contributed by atoms with E-state index in [0.29, 0.717) is 0 Å². The van der Waals surface area contributed by atoms with Crippen LogP contribution in [0.5, 0.6) is 0 Å². The van der Waals surface area contributed by atoms with E-state index in [1.165, 1.54) is 20.0 Å². The van der Waals surface area contributed by atoms with Gasteiger partial charge in [0.1, 0.15) is 6.04 Å². The predicted molar refractivity (Wildman–Crippen MR) is 65.3 cm³/mol. The van der Waals surface area contributed by atoms with Gasteiger partial charge in [-0.15, -0.1) is 0 Å². The zero-order valence-electron chi connectivity index (χ0n) is 10.9. The first-order valence-corrected chi connectivity index (χ1v) is 6.54. The Balaban J connectivity index is 2.51. The van der Waals surface area contributed by atoms with E-state index in [1.54, 1.807) is 0 Å². The summed E-state index contributed by atoms with van der Waals surface area (Å²) in [6.07, 6.45) is 5.83. The molecule has 1 aliphatic rings. The van der Waals surface area contributed by atoms with E-state index < -0.39 is 0 Å². The molecule has 0 bridgehead atoms. The highest BCUT2D eigenvalue weighted by atomic mass is 16.5. The monoisotopic (exact) mass is 227 g/mol. The number of rotatable bonds is 8. The minimum absolute atomic E-state index is 0.0180. The molecule has 1 unspecified atom stereocenters. The molecule has 0 heterocycles. The fourth-order valence-corrected chi connectivity index (χ4v) is 2.09. The Kier molecular flexibility index (Phi) is 5.81. The molecule has 0 spiro atoms. The zero-order chi connectivity index (χ0) is 12.0. The van der Waals surface area contributed by atoms with E-state index in [4.69, 9.17) is 4.74 Å². The second-order valence-electron chi connectivity index (χ2n) is 4.71. The summed E-state index contributed by atoms with van der Waals surface area (Å²) in [6.45, 7) is 6.30. The van der Waals surface area contributed by atoms with Gasteiger partial charge in [-0.05, 0) is 31.7 Å². The van der Waals surface area contributed by atoms with E-state index in [-0.39, 0.29) is 12.0 Å². The molecule has 0 radical (unpaired) electrons. The fraction of sp³-hybridized carbons (Fsp3) is 0.923. The summed E-state index contributed by atoms with van der Waals surface area (Å²) in [4.78, 5) is 14.0. The van der Waals surface area contributed by atoms with E-state index in [9.17, 15) is 4.79 Å². The molecule has 0 amide bonds. The first-order valence-electron chi connectivity index (χ1n) is 6.54. The smallest absolute Gasteiger partial charge is 0.323 e. The van der Waals surface area contributed by atoms with Crippen LogP contribution in [0.25, 0.3) is 0 Å². The molecule has 3 nitrogen and oxygen atoms in total. The van der Waals surface area contributed by atoms with Gasteiger partial charge in [0.2, 0.25) is 0 Å². The largest absolute Gasteiger partial charge is 0.468 e. The predicted octanol–water partition coefficient (Wildman–Crippen LogP) is 2.45. The second-order valence-corrected chi connectivity index (χ2v) is 4.71. The number of nitrogens with zero attached hydrogens (tertiary/aromatic N) is 1. The molecule has 0 aromatic carbocycles. The van der Waals surface area contributed by atoms with Gasteiger partial charge in [-0.3, -0.25) is 9.69 Å². The SMILES string of the molecule is CCCCC(C(=O)OC)N(CC)CC1CC1. The van der Waals surface area contributed by atoms with Crippen LogP contribution in [0.3, 0.4) is 0 Å². The zero-order valence-corrected chi connectivity index (χ0v) is 10.9. The van der Waals surface area contributed by atoms with E-state index in [2.05, 4.69) is 18.7 Å². The van der Waals surface area contributed by atoms with E-state index in [1.807, 2.05) is 0 Å². The van der Waals surface area contributed by atoms with Crippen LogP contribution in [-0.4, -0.2) is 37.1 Å². The minimum Gasteiger partial charge on any atom is -0.468 e. The van der Waals surface area contributed by atoms with Crippen molar-refractivity contribution in [3.8, 4) is 0 Å². The summed E-state index contributed by atoms with van der Waals surface area (Å²) in [5.74, 6) is 0.768. The first kappa shape index (κ1) is 13.5. The van der Waals surface area contributed by atoms with Crippen LogP contribution in [0.1, 0.15) is 46.0 Å². The van der Waals surface area contributed by atoms with Crippen molar-refractivity contribution in [3.63, 3.8) is 0 Å². The molecule has 1 rings (SSSR count). The van der Waals surface area contributed by atoms with E-state index >= 15 is 0 Å². The maximum atomic E-state index is 11.8. The van der Waals surface area contributed by atoms with Crippen LogP contribution in [0.2, 0.25) is 0 Å². The van der Waals surface area contributed by atoms with Gasteiger partial charge >= 0.3 is 5.97 Å². The molecule has 1 aliphatic carbocycles. The molecule has 1 saturated carbocycles. The Morgan fingerprint density at radius 3 is 2.56 bits per heavy atom. The van der Waals surface area contributed by atoms with Crippen molar-refractivity contribution in [1.82, 2.24) is 4.90 Å². The molecule has 1 atom stereocenters. The number of ether oxygens (including phenoxy) is 1. The van der Waals surface area contributed by atoms with Crippen LogP contribution in [0.4, 0.5) is 0 Å². The number of esters is 1. The average Bonchev–Trinajstić information content (AvgIpc) is 3.11. The standard InChI is InChI=1S/C13H25NO2/c1-4-6-7-12(13(15)16-3)14(5-2)10-11-8-9-11/h11-12H,4-10H2,1-3H3. The van der Waals surface area contributed by atoms with E-state index in [0.717, 1.165) is 38.3 Å². The molecule has 0 aromatic rings. The fourth-order valence-electron chi connectivity index (χ4n) is 2.09. The highest BCUT2D eigenvalue weighted by Gasteiger charge is 2.30. The third-order valence-corrected chi connectivity index (χ3v) is 3.34. The third kappa shape index (κ3) is 4.12. The summed E-state index contributed by atoms with van der Waals surface area (Å²) in [5, 5.41) is 0. The van der Waals surface area contributed by atoms with Gasteiger partial charge in [0.25, 0.3) is 0 Å². The van der Waals surface area contributed by atoms with Crippen molar-refractivity contribution in [2.45, 2.75) is 52.0 Å². The maximum absolute atomic E-state index is 11.8. The van der Waals surface area contributed by atoms with Gasteiger partial charge in [-0.25, -0.2) is 0 Å². The van der Waals surface area contributed by atoms with Gasteiger partial charge in [0.15, 0.2) is 0 Å². The highest BCUT2D eigenvalue weighted by Crippen LogP contribution is 2.30. The molecular weight excluding hydrogens is 202 g/mol. The summed E-state index contributed by atoms with van der Waals surface area (Å²) in [6, 6.07) is -0.0180. The minimum atomic E-state index is -0.0593. The number of carbonyl (C=O) groups is 1. The Morgan fingerprint density at radius 1 is 1.44 bits per heavy atom. The molecule has 0 aromatic heterocycles. The quantitative estimate of drug-likeness (QED) is 0.597. The van der Waals surface area contributed by atoms with Crippen molar-refractivity contribution >= 4 is 5.97 Å². The Morgan fingerprint density at radius 2 is 2.12 bits per heavy atom. The lowest BCUT2D eigenvalue weighted by Crippen LogP contribution is -2.42. The number of methoxy groups -OCH3 is 1. The molecular formula is C13H25NO2. The Bertz CT molecular complexity index is 214. The topological polar surface area (TPSA) is 29.5 Å². The molecule has 1 fully saturated rings. The molecule has 16 heavy (non-hydrogen) atoms. The normalized spacial score (nSPS) is 17.5. The molecule has 0 N–H and O–H groups in total. The van der Waals surface area contributed by atoms with Crippen molar-refractivity contribution < 1.29 is 9.53 Å². The summed E-state index contributed by atoms with van der Waals surface area (Å²) in [7, 11) is 1.49. The van der Waals surface area contributed by atoms with Gasteiger partial charge in [-0.1, -0.05) is 26.7 Å². The van der Waals surface area contributed by atoms with Crippen LogP contribution in [0.15, 0.2) is 0 Å². The second kappa shape index (κ2) is 6.89. The number of hydrogen-bond acceptors (Lipinski definition) is 3. The van der Waals surface area contributed by atoms with Crippen molar-refractivity contribution in [1.29, 1.82) is 0 Å². The van der Waals surface area contributed by atoms with Gasteiger partial charge < -0.3 is 4.74 Å². The van der Waals surface area contributed by atoms with Crippen LogP contribution in [0, 0.1) is 5.92 Å². The highest BCUT2D eigenvalue weighted by molar-refractivity contribution is 5.75. The number of hydrogen-bond donors (Lipinski definition) is 0. The van der Waals surface area contributed by atoms with Crippen molar-refractivity contribution in [2.75, 3.05) is 20.2 Å². The van der Waals surface area contributed by atoms with Crippen LogP contribution < -0.4 is 0 Å². The average molecular weight is 227 g/mol. The first-order chi connectivity index (χ1) is 7.72. The van der Waals surface area contributed by atoms with Gasteiger partial charge in [0.05, 0.1) is 7.11 Å². The van der Waals surface area contributed by atoms with Gasteiger partial charge in [-0.2, -0.15) is 0 Å². The Labute approximate surface area is 99.1 Å². The lowest BCUT2D eigenvalue weighted by atomic mass is 10.1. The summed E-state index contributed by atoms with van der Waals surface area (Å²) in [5.41, 5.74) is 0. The maximum Gasteiger partial charge on any atom is 0.323 e. The molecule has 0 saturated heterocycles. The number of likely N-dealkylation sites (N-methyl/N-ethyl adjacent to an activating group) is 1. The Hall–Kier alpha value is -0.570. The number of carbonyl (C=O) groups excluding carboxylic acids is 1. The lowest BCUT2D eigenvalue weighted by molar-refractivity contribution is -0.147. The lowest BCUT2D eigenvalue weighted by Gasteiger charge is -2.28. The third-order valence-electron chi connectivity index (χ3n) is 3.34. The van der Waals surface area contributed by atoms with Crippen LogP contribution >= 0.6 is 0 Å². The summed E-state index contributed by atoms with van der Waals surface area (Å²) < 4.78 is 4.91. The molecule has 94 valence electrons.